The van der Waals surface area contributed by atoms with Crippen LogP contribution >= 0.6 is 0 Å². The highest BCUT2D eigenvalue weighted by Crippen LogP contribution is 2.18. The van der Waals surface area contributed by atoms with Gasteiger partial charge in [0.1, 0.15) is 5.60 Å². The van der Waals surface area contributed by atoms with E-state index in [2.05, 4.69) is 5.32 Å². The summed E-state index contributed by atoms with van der Waals surface area (Å²) in [5.74, 6) is -0.373. The number of rotatable bonds is 3. The third-order valence-corrected chi connectivity index (χ3v) is 3.03. The Labute approximate surface area is 129 Å². The van der Waals surface area contributed by atoms with E-state index in [4.69, 9.17) is 9.15 Å². The highest BCUT2D eigenvalue weighted by molar-refractivity contribution is 5.74. The maximum Gasteiger partial charge on any atom is 0.420 e. The van der Waals surface area contributed by atoms with Crippen LogP contribution in [0.15, 0.2) is 27.4 Å². The van der Waals surface area contributed by atoms with Gasteiger partial charge >= 0.3 is 11.8 Å². The average Bonchev–Trinajstić information content (AvgIpc) is 2.69. The molecule has 0 spiro atoms. The molecule has 0 radical (unpaired) electrons. The molecule has 0 atom stereocenters. The summed E-state index contributed by atoms with van der Waals surface area (Å²) in [6, 6.07) is 5.40. The van der Waals surface area contributed by atoms with Crippen LogP contribution in [-0.2, 0) is 11.3 Å². The lowest BCUT2D eigenvalue weighted by Gasteiger charge is -2.19. The van der Waals surface area contributed by atoms with E-state index in [1.165, 1.54) is 0 Å². The fourth-order valence-electron chi connectivity index (χ4n) is 2.17. The molecule has 0 saturated carbocycles. The zero-order chi connectivity index (χ0) is 16.5. The van der Waals surface area contributed by atoms with Gasteiger partial charge in [-0.3, -0.25) is 4.57 Å². The number of nitrogens with one attached hydrogen (secondary N) is 1. The molecule has 1 aromatic carbocycles. The van der Waals surface area contributed by atoms with Gasteiger partial charge in [-0.2, -0.15) is 0 Å². The summed E-state index contributed by atoms with van der Waals surface area (Å²) >= 11 is 0. The maximum atomic E-state index is 11.8. The number of alkyl carbamates (subject to hydrolysis) is 1. The molecule has 0 fully saturated rings. The van der Waals surface area contributed by atoms with E-state index in [-0.39, 0.29) is 11.8 Å². The van der Waals surface area contributed by atoms with Crippen molar-refractivity contribution in [2.75, 3.05) is 0 Å². The summed E-state index contributed by atoms with van der Waals surface area (Å²) in [4.78, 5) is 23.5. The first kappa shape index (κ1) is 16.1. The zero-order valence-electron chi connectivity index (χ0n) is 13.6. The Morgan fingerprint density at radius 2 is 2.05 bits per heavy atom. The van der Waals surface area contributed by atoms with Crippen molar-refractivity contribution >= 4 is 17.2 Å². The molecule has 0 aliphatic rings. The molecule has 2 aromatic rings. The minimum atomic E-state index is -0.531. The van der Waals surface area contributed by atoms with Gasteiger partial charge in [0.15, 0.2) is 5.58 Å². The molecule has 2 rings (SSSR count). The van der Waals surface area contributed by atoms with Crippen LogP contribution in [0.4, 0.5) is 4.79 Å². The Morgan fingerprint density at radius 3 is 2.64 bits per heavy atom. The second-order valence-electron chi connectivity index (χ2n) is 6.49. The second-order valence-corrected chi connectivity index (χ2v) is 6.49. The SMILES string of the molecule is CC(C)n1c(=O)oc2ccc(CNC(=O)OC(C)(C)C)cc21. The molecule has 0 bridgehead atoms. The first-order valence-electron chi connectivity index (χ1n) is 7.28. The summed E-state index contributed by atoms with van der Waals surface area (Å²) in [6.07, 6.45) is -0.471. The van der Waals surface area contributed by atoms with Gasteiger partial charge in [0, 0.05) is 12.6 Å². The van der Waals surface area contributed by atoms with E-state index in [1.807, 2.05) is 46.8 Å². The first-order chi connectivity index (χ1) is 10.2. The number of hydrogen-bond acceptors (Lipinski definition) is 4. The monoisotopic (exact) mass is 306 g/mol. The third-order valence-electron chi connectivity index (χ3n) is 3.03. The van der Waals surface area contributed by atoms with Gasteiger partial charge in [-0.1, -0.05) is 6.07 Å². The van der Waals surface area contributed by atoms with Crippen LogP contribution < -0.4 is 11.1 Å². The minimum Gasteiger partial charge on any atom is -0.444 e. The third kappa shape index (κ3) is 3.69. The number of nitrogens with zero attached hydrogens (tertiary/aromatic N) is 1. The molecular formula is C16H22N2O4. The smallest absolute Gasteiger partial charge is 0.420 e. The highest BCUT2D eigenvalue weighted by Gasteiger charge is 2.16. The normalized spacial score (nSPS) is 11.9. The Hall–Kier alpha value is -2.24. The highest BCUT2D eigenvalue weighted by atomic mass is 16.6. The first-order valence-corrected chi connectivity index (χ1v) is 7.28. The molecule has 0 unspecified atom stereocenters. The van der Waals surface area contributed by atoms with Crippen LogP contribution in [-0.4, -0.2) is 16.3 Å². The molecule has 1 heterocycles. The van der Waals surface area contributed by atoms with Crippen molar-refractivity contribution in [1.82, 2.24) is 9.88 Å². The summed E-state index contributed by atoms with van der Waals surface area (Å²) in [6.45, 7) is 9.59. The summed E-state index contributed by atoms with van der Waals surface area (Å²) < 4.78 is 12.0. The molecule has 1 amide bonds. The molecule has 22 heavy (non-hydrogen) atoms. The second kappa shape index (κ2) is 5.87. The maximum absolute atomic E-state index is 11.8. The molecule has 6 heteroatoms. The molecule has 1 N–H and O–H groups in total. The predicted molar refractivity (Wildman–Crippen MR) is 83.9 cm³/mol. The van der Waals surface area contributed by atoms with Crippen LogP contribution in [0.5, 0.6) is 0 Å². The van der Waals surface area contributed by atoms with Crippen molar-refractivity contribution in [3.05, 3.63) is 34.3 Å². The molecule has 0 aliphatic carbocycles. The number of carbonyl (C=O) groups is 1. The van der Waals surface area contributed by atoms with Crippen LogP contribution in [0.3, 0.4) is 0 Å². The number of amides is 1. The number of oxazole rings is 1. The summed E-state index contributed by atoms with van der Waals surface area (Å²) in [5.41, 5.74) is 1.60. The molecule has 0 saturated heterocycles. The zero-order valence-corrected chi connectivity index (χ0v) is 13.6. The van der Waals surface area contributed by atoms with Crippen molar-refractivity contribution < 1.29 is 13.9 Å². The fraction of sp³-hybridized carbons (Fsp3) is 0.500. The standard InChI is InChI=1S/C16H22N2O4/c1-10(2)18-12-8-11(6-7-13(12)21-15(18)20)9-17-14(19)22-16(3,4)5/h6-8,10H,9H2,1-5H3,(H,17,19). The van der Waals surface area contributed by atoms with E-state index in [1.54, 1.807) is 10.6 Å². The van der Waals surface area contributed by atoms with Gasteiger partial charge in [0.05, 0.1) is 5.52 Å². The van der Waals surface area contributed by atoms with Crippen LogP contribution in [0, 0.1) is 0 Å². The van der Waals surface area contributed by atoms with E-state index in [0.29, 0.717) is 12.1 Å². The number of aromatic nitrogens is 1. The number of hydrogen-bond donors (Lipinski definition) is 1. The number of benzene rings is 1. The Bertz CT molecular complexity index is 735. The molecular weight excluding hydrogens is 284 g/mol. The van der Waals surface area contributed by atoms with Crippen molar-refractivity contribution in [3.8, 4) is 0 Å². The number of carbonyl (C=O) groups excluding carboxylic acids is 1. The van der Waals surface area contributed by atoms with E-state index < -0.39 is 11.7 Å². The van der Waals surface area contributed by atoms with Gasteiger partial charge in [-0.15, -0.1) is 0 Å². The van der Waals surface area contributed by atoms with Crippen LogP contribution in [0.25, 0.3) is 11.1 Å². The number of ether oxygens (including phenoxy) is 1. The lowest BCUT2D eigenvalue weighted by atomic mass is 10.2. The largest absolute Gasteiger partial charge is 0.444 e. The van der Waals surface area contributed by atoms with Crippen molar-refractivity contribution in [1.29, 1.82) is 0 Å². The minimum absolute atomic E-state index is 0.00261. The molecule has 6 nitrogen and oxygen atoms in total. The molecule has 1 aromatic heterocycles. The van der Waals surface area contributed by atoms with E-state index in [0.717, 1.165) is 11.1 Å². The van der Waals surface area contributed by atoms with Gasteiger partial charge in [-0.25, -0.2) is 9.59 Å². The van der Waals surface area contributed by atoms with E-state index in [9.17, 15) is 9.59 Å². The summed E-state index contributed by atoms with van der Waals surface area (Å²) in [7, 11) is 0. The van der Waals surface area contributed by atoms with Crippen LogP contribution in [0.1, 0.15) is 46.2 Å². The Morgan fingerprint density at radius 1 is 1.36 bits per heavy atom. The summed E-state index contributed by atoms with van der Waals surface area (Å²) in [5, 5.41) is 2.70. The van der Waals surface area contributed by atoms with Gasteiger partial charge < -0.3 is 14.5 Å². The van der Waals surface area contributed by atoms with Gasteiger partial charge in [-0.05, 0) is 52.3 Å². The number of fused-ring (bicyclic) bond motifs is 1. The fourth-order valence-corrected chi connectivity index (χ4v) is 2.17. The van der Waals surface area contributed by atoms with Crippen LogP contribution in [0.2, 0.25) is 0 Å². The lowest BCUT2D eigenvalue weighted by molar-refractivity contribution is 0.0523. The predicted octanol–water partition coefficient (Wildman–Crippen LogP) is 3.20. The average molecular weight is 306 g/mol. The topological polar surface area (TPSA) is 73.5 Å². The van der Waals surface area contributed by atoms with E-state index >= 15 is 0 Å². The van der Waals surface area contributed by atoms with Crippen molar-refractivity contribution in [2.45, 2.75) is 52.8 Å². The lowest BCUT2D eigenvalue weighted by Crippen LogP contribution is -2.32. The van der Waals surface area contributed by atoms with Gasteiger partial charge in [0.25, 0.3) is 0 Å². The van der Waals surface area contributed by atoms with Gasteiger partial charge in [0.2, 0.25) is 0 Å². The quantitative estimate of drug-likeness (QED) is 0.945. The molecule has 120 valence electrons. The molecule has 0 aliphatic heterocycles. The Balaban J connectivity index is 2.18. The van der Waals surface area contributed by atoms with Crippen molar-refractivity contribution in [3.63, 3.8) is 0 Å². The Kier molecular flexibility index (Phi) is 4.30. The van der Waals surface area contributed by atoms with Crippen molar-refractivity contribution in [2.24, 2.45) is 0 Å².